The number of hydrogen-bond acceptors (Lipinski definition) is 2. The first kappa shape index (κ1) is 13.9. The molecule has 19 heavy (non-hydrogen) atoms. The van der Waals surface area contributed by atoms with Gasteiger partial charge in [0.05, 0.1) is 6.04 Å². The molecular formula is C14H18F2N2O. The van der Waals surface area contributed by atoms with Gasteiger partial charge in [-0.05, 0) is 38.0 Å². The summed E-state index contributed by atoms with van der Waals surface area (Å²) in [5.41, 5.74) is 0.567. The Bertz CT molecular complexity index is 492. The first-order chi connectivity index (χ1) is 8.95. The van der Waals surface area contributed by atoms with Crippen molar-refractivity contribution in [3.63, 3.8) is 0 Å². The van der Waals surface area contributed by atoms with E-state index < -0.39 is 17.8 Å². The number of carbonyl (C=O) groups is 1. The Kier molecular flexibility index (Phi) is 3.85. The highest BCUT2D eigenvalue weighted by Crippen LogP contribution is 2.29. The van der Waals surface area contributed by atoms with Gasteiger partial charge >= 0.3 is 0 Å². The number of hydrogen-bond donors (Lipinski definition) is 1. The van der Waals surface area contributed by atoms with Crippen molar-refractivity contribution in [2.75, 3.05) is 0 Å². The van der Waals surface area contributed by atoms with Crippen LogP contribution >= 0.6 is 0 Å². The molecule has 0 saturated carbocycles. The van der Waals surface area contributed by atoms with E-state index in [9.17, 15) is 13.6 Å². The fraction of sp³-hybridized carbons (Fsp3) is 0.500. The van der Waals surface area contributed by atoms with Crippen molar-refractivity contribution >= 4 is 5.91 Å². The molecule has 1 aliphatic rings. The Labute approximate surface area is 111 Å². The van der Waals surface area contributed by atoms with Crippen LogP contribution in [0.15, 0.2) is 18.2 Å². The van der Waals surface area contributed by atoms with Crippen molar-refractivity contribution in [1.29, 1.82) is 0 Å². The molecule has 1 aromatic carbocycles. The van der Waals surface area contributed by atoms with Crippen LogP contribution in [0.5, 0.6) is 0 Å². The Morgan fingerprint density at radius 3 is 2.63 bits per heavy atom. The van der Waals surface area contributed by atoms with Crippen molar-refractivity contribution in [3.8, 4) is 0 Å². The van der Waals surface area contributed by atoms with Gasteiger partial charge in [0, 0.05) is 6.04 Å². The predicted molar refractivity (Wildman–Crippen MR) is 68.3 cm³/mol. The normalized spacial score (nSPS) is 24.9. The van der Waals surface area contributed by atoms with Gasteiger partial charge in [-0.15, -0.1) is 0 Å². The number of rotatable bonds is 3. The standard InChI is InChI=1S/C14H18F2N2O/c1-4-8(2)18-13(17-9(3)14(18)19)10-5-6-11(15)12(16)7-10/h5-9,13,17H,4H2,1-3H3. The van der Waals surface area contributed by atoms with Gasteiger partial charge in [0.2, 0.25) is 5.91 Å². The maximum Gasteiger partial charge on any atom is 0.241 e. The van der Waals surface area contributed by atoms with Crippen LogP contribution in [-0.4, -0.2) is 22.9 Å². The first-order valence-electron chi connectivity index (χ1n) is 6.48. The number of carbonyl (C=O) groups excluding carboxylic acids is 1. The van der Waals surface area contributed by atoms with E-state index in [1.165, 1.54) is 6.07 Å². The van der Waals surface area contributed by atoms with Crippen LogP contribution in [0.25, 0.3) is 0 Å². The zero-order valence-corrected chi connectivity index (χ0v) is 11.3. The van der Waals surface area contributed by atoms with Gasteiger partial charge in [0.25, 0.3) is 0 Å². The van der Waals surface area contributed by atoms with Gasteiger partial charge in [0.1, 0.15) is 6.17 Å². The summed E-state index contributed by atoms with van der Waals surface area (Å²) in [7, 11) is 0. The first-order valence-corrected chi connectivity index (χ1v) is 6.48. The molecule has 0 bridgehead atoms. The Morgan fingerprint density at radius 1 is 1.37 bits per heavy atom. The summed E-state index contributed by atoms with van der Waals surface area (Å²) in [6.45, 7) is 5.71. The third-order valence-corrected chi connectivity index (χ3v) is 3.64. The Morgan fingerprint density at radius 2 is 2.05 bits per heavy atom. The molecule has 1 aliphatic heterocycles. The lowest BCUT2D eigenvalue weighted by Crippen LogP contribution is -2.38. The van der Waals surface area contributed by atoms with E-state index in [4.69, 9.17) is 0 Å². The lowest BCUT2D eigenvalue weighted by atomic mass is 10.1. The smallest absolute Gasteiger partial charge is 0.241 e. The summed E-state index contributed by atoms with van der Waals surface area (Å²) >= 11 is 0. The number of nitrogens with one attached hydrogen (secondary N) is 1. The minimum absolute atomic E-state index is 0.0101. The van der Waals surface area contributed by atoms with Crippen LogP contribution < -0.4 is 5.32 Å². The van der Waals surface area contributed by atoms with Crippen LogP contribution in [0, 0.1) is 11.6 Å². The molecule has 104 valence electrons. The summed E-state index contributed by atoms with van der Waals surface area (Å²) in [5.74, 6) is -1.78. The fourth-order valence-electron chi connectivity index (χ4n) is 2.35. The second kappa shape index (κ2) is 5.25. The third kappa shape index (κ3) is 2.47. The average molecular weight is 268 g/mol. The molecule has 5 heteroatoms. The minimum Gasteiger partial charge on any atom is -0.319 e. The molecule has 1 N–H and O–H groups in total. The van der Waals surface area contributed by atoms with E-state index in [0.717, 1.165) is 18.6 Å². The second-order valence-electron chi connectivity index (χ2n) is 4.97. The van der Waals surface area contributed by atoms with Crippen molar-refractivity contribution in [1.82, 2.24) is 10.2 Å². The van der Waals surface area contributed by atoms with E-state index in [1.54, 1.807) is 11.8 Å². The zero-order chi connectivity index (χ0) is 14.2. The highest BCUT2D eigenvalue weighted by atomic mass is 19.2. The van der Waals surface area contributed by atoms with Gasteiger partial charge in [0.15, 0.2) is 11.6 Å². The highest BCUT2D eigenvalue weighted by Gasteiger charge is 2.39. The van der Waals surface area contributed by atoms with Gasteiger partial charge in [-0.2, -0.15) is 0 Å². The summed E-state index contributed by atoms with van der Waals surface area (Å²) in [6, 6.07) is 3.48. The largest absolute Gasteiger partial charge is 0.319 e. The summed E-state index contributed by atoms with van der Waals surface area (Å²) in [6.07, 6.45) is 0.410. The number of nitrogens with zero attached hydrogens (tertiary/aromatic N) is 1. The van der Waals surface area contributed by atoms with E-state index in [1.807, 2.05) is 13.8 Å². The SMILES string of the molecule is CCC(C)N1C(=O)C(C)NC1c1ccc(F)c(F)c1. The molecule has 1 fully saturated rings. The number of benzene rings is 1. The maximum atomic E-state index is 13.3. The number of halogens is 2. The maximum absolute atomic E-state index is 13.3. The molecule has 1 amide bonds. The molecule has 1 aromatic rings. The summed E-state index contributed by atoms with van der Waals surface area (Å²) in [4.78, 5) is 13.8. The quantitative estimate of drug-likeness (QED) is 0.914. The molecule has 0 radical (unpaired) electrons. The average Bonchev–Trinajstić information content (AvgIpc) is 2.68. The van der Waals surface area contributed by atoms with Crippen molar-refractivity contribution < 1.29 is 13.6 Å². The van der Waals surface area contributed by atoms with Crippen LogP contribution in [0.3, 0.4) is 0 Å². The zero-order valence-electron chi connectivity index (χ0n) is 11.3. The van der Waals surface area contributed by atoms with E-state index >= 15 is 0 Å². The lowest BCUT2D eigenvalue weighted by Gasteiger charge is -2.30. The molecule has 0 spiro atoms. The summed E-state index contributed by atoms with van der Waals surface area (Å²) < 4.78 is 26.3. The molecular weight excluding hydrogens is 250 g/mol. The van der Waals surface area contributed by atoms with Gasteiger partial charge < -0.3 is 4.90 Å². The summed E-state index contributed by atoms with van der Waals surface area (Å²) in [5, 5.41) is 3.12. The van der Waals surface area contributed by atoms with Crippen LogP contribution in [0.4, 0.5) is 8.78 Å². The number of amides is 1. The van der Waals surface area contributed by atoms with Crippen LogP contribution in [-0.2, 0) is 4.79 Å². The fourth-order valence-corrected chi connectivity index (χ4v) is 2.35. The second-order valence-corrected chi connectivity index (χ2v) is 4.97. The molecule has 1 saturated heterocycles. The van der Waals surface area contributed by atoms with Crippen molar-refractivity contribution in [2.45, 2.75) is 45.4 Å². The van der Waals surface area contributed by atoms with Crippen LogP contribution in [0.2, 0.25) is 0 Å². The molecule has 3 unspecified atom stereocenters. The molecule has 2 rings (SSSR count). The third-order valence-electron chi connectivity index (χ3n) is 3.64. The molecule has 0 aliphatic carbocycles. The van der Waals surface area contributed by atoms with Crippen molar-refractivity contribution in [2.24, 2.45) is 0 Å². The van der Waals surface area contributed by atoms with Crippen LogP contribution in [0.1, 0.15) is 38.9 Å². The highest BCUT2D eigenvalue weighted by molar-refractivity contribution is 5.84. The lowest BCUT2D eigenvalue weighted by molar-refractivity contribution is -0.131. The molecule has 1 heterocycles. The Balaban J connectivity index is 2.36. The predicted octanol–water partition coefficient (Wildman–Crippen LogP) is 2.58. The monoisotopic (exact) mass is 268 g/mol. The van der Waals surface area contributed by atoms with E-state index in [-0.39, 0.29) is 18.0 Å². The van der Waals surface area contributed by atoms with E-state index in [2.05, 4.69) is 5.32 Å². The minimum atomic E-state index is -0.893. The van der Waals surface area contributed by atoms with Gasteiger partial charge in [-0.3, -0.25) is 10.1 Å². The molecule has 0 aromatic heterocycles. The van der Waals surface area contributed by atoms with Gasteiger partial charge in [-0.25, -0.2) is 8.78 Å². The Hall–Kier alpha value is -1.49. The molecule has 3 nitrogen and oxygen atoms in total. The topological polar surface area (TPSA) is 32.3 Å². The van der Waals surface area contributed by atoms with Gasteiger partial charge in [-0.1, -0.05) is 13.0 Å². The van der Waals surface area contributed by atoms with E-state index in [0.29, 0.717) is 5.56 Å². The molecule has 3 atom stereocenters. The van der Waals surface area contributed by atoms with Crippen molar-refractivity contribution in [3.05, 3.63) is 35.4 Å².